The van der Waals surface area contributed by atoms with E-state index in [9.17, 15) is 14.4 Å². The van der Waals surface area contributed by atoms with Gasteiger partial charge in [0, 0.05) is 26.7 Å². The summed E-state index contributed by atoms with van der Waals surface area (Å²) < 4.78 is 0. The first-order chi connectivity index (χ1) is 15.2. The van der Waals surface area contributed by atoms with Gasteiger partial charge >= 0.3 is 0 Å². The Kier molecular flexibility index (Phi) is 7.30. The molecular weight excluding hydrogens is 404 g/mol. The number of aryl methyl sites for hydroxylation is 1. The predicted octanol–water partition coefficient (Wildman–Crippen LogP) is 2.65. The molecule has 0 aromatic heterocycles. The number of nitrogens with zero attached hydrogens (tertiary/aromatic N) is 2. The van der Waals surface area contributed by atoms with Gasteiger partial charge in [-0.05, 0) is 43.0 Å². The number of hydrogen-bond acceptors (Lipinski definition) is 4. The van der Waals surface area contributed by atoms with Crippen LogP contribution in [0.4, 0.5) is 5.69 Å². The van der Waals surface area contributed by atoms with Crippen LogP contribution < -0.4 is 10.6 Å². The zero-order valence-electron chi connectivity index (χ0n) is 19.4. The normalized spacial score (nSPS) is 20.6. The summed E-state index contributed by atoms with van der Waals surface area (Å²) in [5.41, 5.74) is 3.83. The maximum atomic E-state index is 13.1. The molecule has 7 nitrogen and oxygen atoms in total. The predicted molar refractivity (Wildman–Crippen MR) is 125 cm³/mol. The number of carbonyl (C=O) groups is 3. The van der Waals surface area contributed by atoms with Crippen LogP contribution in [0.1, 0.15) is 36.1 Å². The second-order valence-corrected chi connectivity index (χ2v) is 8.61. The number of hydrogen-bond donors (Lipinski definition) is 2. The van der Waals surface area contributed by atoms with E-state index in [1.807, 2.05) is 67.3 Å². The van der Waals surface area contributed by atoms with Crippen molar-refractivity contribution in [1.82, 2.24) is 15.1 Å². The van der Waals surface area contributed by atoms with E-state index in [1.54, 1.807) is 19.0 Å². The molecule has 2 aromatic carbocycles. The van der Waals surface area contributed by atoms with Crippen molar-refractivity contribution in [2.75, 3.05) is 26.0 Å². The summed E-state index contributed by atoms with van der Waals surface area (Å²) in [6, 6.07) is 14.4. The molecule has 0 bridgehead atoms. The Bertz CT molecular complexity index is 990. The Balaban J connectivity index is 1.93. The van der Waals surface area contributed by atoms with Gasteiger partial charge in [-0.15, -0.1) is 0 Å². The lowest BCUT2D eigenvalue weighted by Gasteiger charge is -2.32. The van der Waals surface area contributed by atoms with Crippen molar-refractivity contribution in [3.8, 4) is 0 Å². The van der Waals surface area contributed by atoms with Crippen LogP contribution >= 0.6 is 0 Å². The average molecular weight is 437 g/mol. The van der Waals surface area contributed by atoms with Crippen molar-refractivity contribution in [3.63, 3.8) is 0 Å². The average Bonchev–Trinajstić information content (AvgIpc) is 3.08. The van der Waals surface area contributed by atoms with E-state index in [2.05, 4.69) is 10.6 Å². The molecule has 1 aliphatic rings. The Morgan fingerprint density at radius 1 is 1.03 bits per heavy atom. The lowest BCUT2D eigenvalue weighted by molar-refractivity contribution is -0.134. The topological polar surface area (TPSA) is 81.8 Å². The minimum atomic E-state index is -0.517. The summed E-state index contributed by atoms with van der Waals surface area (Å²) in [6.45, 7) is 5.48. The molecule has 1 fully saturated rings. The van der Waals surface area contributed by atoms with E-state index in [0.717, 1.165) is 22.4 Å². The van der Waals surface area contributed by atoms with Crippen LogP contribution in [0.5, 0.6) is 0 Å². The van der Waals surface area contributed by atoms with E-state index >= 15 is 0 Å². The number of likely N-dealkylation sites (N-methyl/N-ethyl adjacent to an activating group) is 1. The molecule has 0 radical (unpaired) electrons. The largest absolute Gasteiger partial charge is 0.352 e. The molecule has 3 amide bonds. The molecule has 2 N–H and O–H groups in total. The van der Waals surface area contributed by atoms with Crippen LogP contribution in [0.15, 0.2) is 48.5 Å². The molecule has 0 spiro atoms. The molecular formula is C25H32N4O3. The Hall–Kier alpha value is -3.19. The molecule has 0 aliphatic carbocycles. The summed E-state index contributed by atoms with van der Waals surface area (Å²) >= 11 is 0. The molecule has 1 saturated heterocycles. The van der Waals surface area contributed by atoms with Crippen LogP contribution in [0.25, 0.3) is 0 Å². The standard InChI is InChI=1S/C25H32N4O3/c1-16-10-9-13-20(17(16)2)27-23(31)15-29-22(25(32)28(4)5)14-21(26-18(3)30)24(29)19-11-7-6-8-12-19/h6-13,21-22,24H,14-15H2,1-5H3,(H,26,30)(H,27,31)/t21-,22-,24-/m0/s1. The summed E-state index contributed by atoms with van der Waals surface area (Å²) in [7, 11) is 3.42. The van der Waals surface area contributed by atoms with Crippen LogP contribution in [-0.2, 0) is 14.4 Å². The molecule has 170 valence electrons. The minimum Gasteiger partial charge on any atom is -0.352 e. The number of rotatable bonds is 6. The smallest absolute Gasteiger partial charge is 0.239 e. The van der Waals surface area contributed by atoms with Crippen molar-refractivity contribution in [2.24, 2.45) is 0 Å². The fourth-order valence-electron chi connectivity index (χ4n) is 4.39. The second kappa shape index (κ2) is 9.96. The van der Waals surface area contributed by atoms with Gasteiger partial charge in [-0.2, -0.15) is 0 Å². The highest BCUT2D eigenvalue weighted by Crippen LogP contribution is 2.37. The molecule has 2 aromatic rings. The quantitative estimate of drug-likeness (QED) is 0.730. The van der Waals surface area contributed by atoms with Gasteiger partial charge in [-0.3, -0.25) is 19.3 Å². The Morgan fingerprint density at radius 3 is 2.34 bits per heavy atom. The van der Waals surface area contributed by atoms with Crippen LogP contribution in [-0.4, -0.2) is 60.2 Å². The van der Waals surface area contributed by atoms with Crippen molar-refractivity contribution < 1.29 is 14.4 Å². The van der Waals surface area contributed by atoms with E-state index in [1.165, 1.54) is 6.92 Å². The van der Waals surface area contributed by atoms with Crippen LogP contribution in [0.3, 0.4) is 0 Å². The van der Waals surface area contributed by atoms with Gasteiger partial charge < -0.3 is 15.5 Å². The molecule has 1 heterocycles. The minimum absolute atomic E-state index is 0.0350. The first kappa shape index (κ1) is 23.5. The molecule has 1 aliphatic heterocycles. The Labute approximate surface area is 189 Å². The van der Waals surface area contributed by atoms with E-state index < -0.39 is 6.04 Å². The third-order valence-corrected chi connectivity index (χ3v) is 6.08. The van der Waals surface area contributed by atoms with Gasteiger partial charge in [-0.25, -0.2) is 0 Å². The highest BCUT2D eigenvalue weighted by Gasteiger charge is 2.46. The summed E-state index contributed by atoms with van der Waals surface area (Å²) in [6.07, 6.45) is 0.437. The molecule has 32 heavy (non-hydrogen) atoms. The lowest BCUT2D eigenvalue weighted by atomic mass is 9.99. The van der Waals surface area contributed by atoms with Gasteiger partial charge in [0.05, 0.1) is 24.7 Å². The van der Waals surface area contributed by atoms with Crippen LogP contribution in [0, 0.1) is 13.8 Å². The van der Waals surface area contributed by atoms with Crippen LogP contribution in [0.2, 0.25) is 0 Å². The van der Waals surface area contributed by atoms with E-state index in [4.69, 9.17) is 0 Å². The first-order valence-electron chi connectivity index (χ1n) is 10.8. The highest BCUT2D eigenvalue weighted by atomic mass is 16.2. The number of likely N-dealkylation sites (tertiary alicyclic amines) is 1. The number of amides is 3. The molecule has 0 saturated carbocycles. The van der Waals surface area contributed by atoms with Gasteiger partial charge in [0.2, 0.25) is 17.7 Å². The summed E-state index contributed by atoms with van der Waals surface area (Å²) in [4.78, 5) is 41.5. The van der Waals surface area contributed by atoms with Crippen molar-refractivity contribution >= 4 is 23.4 Å². The maximum absolute atomic E-state index is 13.1. The fourth-order valence-corrected chi connectivity index (χ4v) is 4.39. The van der Waals surface area contributed by atoms with E-state index in [0.29, 0.717) is 6.42 Å². The number of carbonyl (C=O) groups excluding carboxylic acids is 3. The monoisotopic (exact) mass is 436 g/mol. The maximum Gasteiger partial charge on any atom is 0.239 e. The van der Waals surface area contributed by atoms with Gasteiger partial charge in [0.15, 0.2) is 0 Å². The molecule has 0 unspecified atom stereocenters. The van der Waals surface area contributed by atoms with Crippen molar-refractivity contribution in [1.29, 1.82) is 0 Å². The number of anilines is 1. The van der Waals surface area contributed by atoms with Crippen molar-refractivity contribution in [3.05, 3.63) is 65.2 Å². The lowest BCUT2D eigenvalue weighted by Crippen LogP contribution is -2.46. The third-order valence-electron chi connectivity index (χ3n) is 6.08. The molecule has 3 atom stereocenters. The second-order valence-electron chi connectivity index (χ2n) is 8.61. The SMILES string of the molecule is CC(=O)N[C@H]1C[C@@H](C(=O)N(C)C)N(CC(=O)Nc2cccc(C)c2C)[C@H]1c1ccccc1. The fraction of sp³-hybridized carbons (Fsp3) is 0.400. The van der Waals surface area contributed by atoms with Gasteiger partial charge in [0.25, 0.3) is 0 Å². The highest BCUT2D eigenvalue weighted by molar-refractivity contribution is 5.94. The number of benzene rings is 2. The Morgan fingerprint density at radius 2 is 1.72 bits per heavy atom. The van der Waals surface area contributed by atoms with E-state index in [-0.39, 0.29) is 36.3 Å². The van der Waals surface area contributed by atoms with Crippen molar-refractivity contribution in [2.45, 2.75) is 45.3 Å². The summed E-state index contributed by atoms with van der Waals surface area (Å²) in [5, 5.41) is 6.00. The summed E-state index contributed by atoms with van der Waals surface area (Å²) in [5.74, 6) is -0.438. The number of nitrogens with one attached hydrogen (secondary N) is 2. The first-order valence-corrected chi connectivity index (χ1v) is 10.8. The third kappa shape index (κ3) is 5.16. The molecule has 7 heteroatoms. The van der Waals surface area contributed by atoms with Gasteiger partial charge in [-0.1, -0.05) is 42.5 Å². The van der Waals surface area contributed by atoms with Gasteiger partial charge in [0.1, 0.15) is 0 Å². The molecule has 3 rings (SSSR count). The zero-order valence-corrected chi connectivity index (χ0v) is 19.4. The zero-order chi connectivity index (χ0) is 23.4.